The number of carbonyl (C=O) groups is 2. The molecule has 4 aromatic rings. The number of para-hydroxylation sites is 1. The van der Waals surface area contributed by atoms with E-state index in [0.29, 0.717) is 29.4 Å². The van der Waals surface area contributed by atoms with Gasteiger partial charge in [0.25, 0.3) is 5.91 Å². The Hall–Kier alpha value is -4.98. The Labute approximate surface area is 231 Å². The molecule has 0 saturated carbocycles. The Bertz CT molecular complexity index is 1650. The Morgan fingerprint density at radius 1 is 0.900 bits per heavy atom. The van der Waals surface area contributed by atoms with E-state index in [1.807, 2.05) is 72.8 Å². The fraction of sp³-hybridized carbons (Fsp3) is 0.188. The molecule has 3 aliphatic heterocycles. The molecule has 4 aromatic carbocycles. The van der Waals surface area contributed by atoms with Crippen molar-refractivity contribution in [3.05, 3.63) is 113 Å². The number of anilines is 1. The summed E-state index contributed by atoms with van der Waals surface area (Å²) in [6, 6.07) is 26.4. The van der Waals surface area contributed by atoms with Gasteiger partial charge >= 0.3 is 0 Å². The summed E-state index contributed by atoms with van der Waals surface area (Å²) in [6.07, 6.45) is 0. The van der Waals surface area contributed by atoms with E-state index in [0.717, 1.165) is 33.7 Å². The van der Waals surface area contributed by atoms with Gasteiger partial charge in [0, 0.05) is 29.4 Å². The van der Waals surface area contributed by atoms with Crippen LogP contribution < -0.4 is 29.2 Å². The predicted octanol–water partition coefficient (Wildman–Crippen LogP) is 4.58. The summed E-state index contributed by atoms with van der Waals surface area (Å²) in [7, 11) is 1.62. The third kappa shape index (κ3) is 3.67. The van der Waals surface area contributed by atoms with Gasteiger partial charge in [-0.3, -0.25) is 9.59 Å². The molecule has 8 heteroatoms. The lowest BCUT2D eigenvalue weighted by Crippen LogP contribution is -2.42. The summed E-state index contributed by atoms with van der Waals surface area (Å²) in [6.45, 7) is 0.931. The van der Waals surface area contributed by atoms with Crippen molar-refractivity contribution in [2.24, 2.45) is 0 Å². The highest BCUT2D eigenvalue weighted by Gasteiger charge is 2.57. The van der Waals surface area contributed by atoms with E-state index in [4.69, 9.17) is 18.9 Å². The molecule has 40 heavy (non-hydrogen) atoms. The fourth-order valence-corrected chi connectivity index (χ4v) is 5.79. The lowest BCUT2D eigenvalue weighted by molar-refractivity contribution is -0.122. The normalized spacial score (nSPS) is 17.9. The molecule has 0 fully saturated rings. The first-order valence-electron chi connectivity index (χ1n) is 13.1. The van der Waals surface area contributed by atoms with Crippen LogP contribution in [0.25, 0.3) is 0 Å². The van der Waals surface area contributed by atoms with Crippen LogP contribution in [0.2, 0.25) is 0 Å². The van der Waals surface area contributed by atoms with Crippen LogP contribution in [0.3, 0.4) is 0 Å². The average molecular weight is 535 g/mol. The lowest BCUT2D eigenvalue weighted by atomic mass is 9.77. The number of methoxy groups -OCH3 is 1. The van der Waals surface area contributed by atoms with E-state index in [9.17, 15) is 9.59 Å². The van der Waals surface area contributed by atoms with Crippen LogP contribution in [0, 0.1) is 0 Å². The molecule has 1 spiro atoms. The molecule has 3 heterocycles. The number of amides is 2. The Balaban J connectivity index is 1.19. The van der Waals surface area contributed by atoms with E-state index in [1.165, 1.54) is 0 Å². The Morgan fingerprint density at radius 3 is 2.48 bits per heavy atom. The highest BCUT2D eigenvalue weighted by molar-refractivity contribution is 6.11. The number of nitrogens with zero attached hydrogens (tertiary/aromatic N) is 1. The second-order valence-electron chi connectivity index (χ2n) is 9.99. The average Bonchev–Trinajstić information content (AvgIpc) is 3.67. The number of hydrogen-bond acceptors (Lipinski definition) is 6. The highest BCUT2D eigenvalue weighted by atomic mass is 16.7. The molecule has 0 aliphatic carbocycles. The zero-order valence-corrected chi connectivity index (χ0v) is 21.8. The Morgan fingerprint density at radius 2 is 1.65 bits per heavy atom. The molecule has 8 nitrogen and oxygen atoms in total. The van der Waals surface area contributed by atoms with Crippen molar-refractivity contribution in [3.63, 3.8) is 0 Å². The van der Waals surface area contributed by atoms with Crippen molar-refractivity contribution >= 4 is 17.5 Å². The molecule has 0 saturated heterocycles. The summed E-state index contributed by atoms with van der Waals surface area (Å²) >= 11 is 0. The molecule has 0 radical (unpaired) electrons. The van der Waals surface area contributed by atoms with Crippen LogP contribution in [0.5, 0.6) is 23.0 Å². The summed E-state index contributed by atoms with van der Waals surface area (Å²) in [5, 5.41) is 3.00. The maximum Gasteiger partial charge on any atom is 0.251 e. The zero-order valence-electron chi connectivity index (χ0n) is 21.8. The molecule has 2 amide bonds. The molecule has 3 aliphatic rings. The molecule has 1 unspecified atom stereocenters. The number of rotatable bonds is 6. The molecule has 0 aromatic heterocycles. The number of fused-ring (bicyclic) bond motifs is 5. The van der Waals surface area contributed by atoms with Crippen molar-refractivity contribution in [1.82, 2.24) is 5.32 Å². The number of ether oxygens (including phenoxy) is 4. The summed E-state index contributed by atoms with van der Waals surface area (Å²) in [5.74, 6) is 2.29. The number of nitrogens with one attached hydrogen (secondary N) is 1. The molecule has 200 valence electrons. The van der Waals surface area contributed by atoms with Gasteiger partial charge in [0.15, 0.2) is 11.5 Å². The summed E-state index contributed by atoms with van der Waals surface area (Å²) in [4.78, 5) is 29.4. The Kier molecular flexibility index (Phi) is 5.62. The summed E-state index contributed by atoms with van der Waals surface area (Å²) in [5.41, 5.74) is 3.67. The summed E-state index contributed by atoms with van der Waals surface area (Å²) < 4.78 is 22.4. The van der Waals surface area contributed by atoms with Crippen LogP contribution in [0.15, 0.2) is 84.9 Å². The van der Waals surface area contributed by atoms with Crippen LogP contribution in [-0.4, -0.2) is 32.3 Å². The number of hydrogen-bond donors (Lipinski definition) is 1. The SMILES string of the molecule is COc1ccc(CNC(=O)c2ccccc2CN2C(=O)C3(COc4cc5c(cc43)OCO5)c3ccccc32)cc1. The van der Waals surface area contributed by atoms with Crippen molar-refractivity contribution in [3.8, 4) is 23.0 Å². The van der Waals surface area contributed by atoms with Crippen molar-refractivity contribution in [1.29, 1.82) is 0 Å². The van der Waals surface area contributed by atoms with E-state index in [1.54, 1.807) is 24.1 Å². The van der Waals surface area contributed by atoms with Crippen LogP contribution in [0.4, 0.5) is 5.69 Å². The molecular weight excluding hydrogens is 508 g/mol. The minimum atomic E-state index is -1.00. The van der Waals surface area contributed by atoms with E-state index in [-0.39, 0.29) is 31.8 Å². The molecule has 1 atom stereocenters. The van der Waals surface area contributed by atoms with Gasteiger partial charge in [-0.15, -0.1) is 0 Å². The van der Waals surface area contributed by atoms with E-state index >= 15 is 0 Å². The second kappa shape index (κ2) is 9.34. The molecular formula is C32H26N2O6. The zero-order chi connectivity index (χ0) is 27.3. The van der Waals surface area contributed by atoms with E-state index in [2.05, 4.69) is 5.32 Å². The first-order valence-corrected chi connectivity index (χ1v) is 13.1. The number of carbonyl (C=O) groups excluding carboxylic acids is 2. The highest BCUT2D eigenvalue weighted by Crippen LogP contribution is 2.55. The number of benzene rings is 4. The first-order chi connectivity index (χ1) is 19.6. The molecule has 1 N–H and O–H groups in total. The van der Waals surface area contributed by atoms with Crippen molar-refractivity contribution < 1.29 is 28.5 Å². The van der Waals surface area contributed by atoms with Gasteiger partial charge in [0.2, 0.25) is 12.7 Å². The monoisotopic (exact) mass is 534 g/mol. The topological polar surface area (TPSA) is 86.3 Å². The van der Waals surface area contributed by atoms with E-state index < -0.39 is 5.41 Å². The maximum absolute atomic E-state index is 14.4. The van der Waals surface area contributed by atoms with Crippen LogP contribution >= 0.6 is 0 Å². The quantitative estimate of drug-likeness (QED) is 0.390. The third-order valence-electron chi connectivity index (χ3n) is 7.85. The fourth-order valence-electron chi connectivity index (χ4n) is 5.79. The molecule has 0 bridgehead atoms. The van der Waals surface area contributed by atoms with Gasteiger partial charge < -0.3 is 29.2 Å². The van der Waals surface area contributed by atoms with Gasteiger partial charge in [0.05, 0.1) is 13.7 Å². The minimum absolute atomic E-state index is 0.0974. The van der Waals surface area contributed by atoms with Crippen molar-refractivity contribution in [2.75, 3.05) is 25.4 Å². The second-order valence-corrected chi connectivity index (χ2v) is 9.99. The largest absolute Gasteiger partial charge is 0.497 e. The van der Waals surface area contributed by atoms with Gasteiger partial charge in [-0.1, -0.05) is 48.5 Å². The first kappa shape index (κ1) is 24.1. The van der Waals surface area contributed by atoms with Crippen LogP contribution in [0.1, 0.15) is 32.6 Å². The third-order valence-corrected chi connectivity index (χ3v) is 7.85. The van der Waals surface area contributed by atoms with Gasteiger partial charge in [0.1, 0.15) is 23.5 Å². The standard InChI is InChI=1S/C32H26N2O6/c1-37-22-12-10-20(11-13-22)16-33-30(35)23-7-3-2-6-21(23)17-34-26-9-5-4-8-24(26)32(31(34)36)18-38-27-15-29-28(14-25(27)32)39-19-40-29/h2-15H,16-19H2,1H3,(H,33,35). The van der Waals surface area contributed by atoms with Crippen LogP contribution in [-0.2, 0) is 23.3 Å². The van der Waals surface area contributed by atoms with Gasteiger partial charge in [-0.05, 0) is 47.0 Å². The van der Waals surface area contributed by atoms with Gasteiger partial charge in [-0.25, -0.2) is 0 Å². The lowest BCUT2D eigenvalue weighted by Gasteiger charge is -2.24. The smallest absolute Gasteiger partial charge is 0.251 e. The molecule has 7 rings (SSSR count). The van der Waals surface area contributed by atoms with Gasteiger partial charge in [-0.2, -0.15) is 0 Å². The van der Waals surface area contributed by atoms with Crippen molar-refractivity contribution in [2.45, 2.75) is 18.5 Å². The maximum atomic E-state index is 14.4. The minimum Gasteiger partial charge on any atom is -0.497 e. The predicted molar refractivity (Wildman–Crippen MR) is 147 cm³/mol.